The normalized spacial score (nSPS) is 10.0. The van der Waals surface area contributed by atoms with Gasteiger partial charge in [-0.05, 0) is 6.92 Å². The van der Waals surface area contributed by atoms with E-state index >= 15 is 0 Å². The highest BCUT2D eigenvalue weighted by Crippen LogP contribution is 2.20. The molecule has 1 aromatic heterocycles. The Morgan fingerprint density at radius 3 is 2.62 bits per heavy atom. The minimum atomic E-state index is -0.560. The fourth-order valence-corrected chi connectivity index (χ4v) is 1.23. The number of carbonyl (C=O) groups excluding carboxylic acids is 2. The van der Waals surface area contributed by atoms with Crippen LogP contribution in [-0.2, 0) is 16.6 Å². The van der Waals surface area contributed by atoms with Crippen LogP contribution in [-0.4, -0.2) is 28.8 Å². The highest BCUT2D eigenvalue weighted by atomic mass is 16.5. The molecule has 6 heteroatoms. The molecule has 0 unspecified atom stereocenters. The van der Waals surface area contributed by atoms with Gasteiger partial charge in [-0.25, -0.2) is 4.79 Å². The lowest BCUT2D eigenvalue weighted by Gasteiger charge is -2.04. The van der Waals surface area contributed by atoms with Crippen LogP contribution in [0.15, 0.2) is 0 Å². The zero-order valence-corrected chi connectivity index (χ0v) is 9.83. The predicted molar refractivity (Wildman–Crippen MR) is 58.2 cm³/mol. The fourth-order valence-electron chi connectivity index (χ4n) is 1.23. The number of esters is 1. The quantitative estimate of drug-likeness (QED) is 0.774. The van der Waals surface area contributed by atoms with E-state index in [0.29, 0.717) is 17.8 Å². The van der Waals surface area contributed by atoms with Gasteiger partial charge in [-0.15, -0.1) is 0 Å². The van der Waals surface area contributed by atoms with Crippen LogP contribution in [0.1, 0.15) is 29.5 Å². The summed E-state index contributed by atoms with van der Waals surface area (Å²) in [5.41, 5.74) is 1.26. The van der Waals surface area contributed by atoms with Gasteiger partial charge in [0.25, 0.3) is 0 Å². The SMILES string of the molecule is CCC(=O)Nc1c(C(=O)OC)nn(C)c1C. The van der Waals surface area contributed by atoms with E-state index < -0.39 is 5.97 Å². The molecule has 6 nitrogen and oxygen atoms in total. The van der Waals surface area contributed by atoms with Gasteiger partial charge in [-0.2, -0.15) is 5.10 Å². The summed E-state index contributed by atoms with van der Waals surface area (Å²) in [4.78, 5) is 22.7. The summed E-state index contributed by atoms with van der Waals surface area (Å²) in [6.45, 7) is 3.50. The summed E-state index contributed by atoms with van der Waals surface area (Å²) < 4.78 is 6.12. The summed E-state index contributed by atoms with van der Waals surface area (Å²) in [6, 6.07) is 0. The monoisotopic (exact) mass is 225 g/mol. The van der Waals surface area contributed by atoms with Crippen molar-refractivity contribution < 1.29 is 14.3 Å². The maximum Gasteiger partial charge on any atom is 0.360 e. The molecular formula is C10H15N3O3. The molecule has 1 aromatic rings. The number of amides is 1. The first kappa shape index (κ1) is 12.2. The van der Waals surface area contributed by atoms with Crippen LogP contribution in [0, 0.1) is 6.92 Å². The molecule has 0 radical (unpaired) electrons. The number of methoxy groups -OCH3 is 1. The molecule has 16 heavy (non-hydrogen) atoms. The van der Waals surface area contributed by atoms with E-state index in [0.717, 1.165) is 0 Å². The average Bonchev–Trinajstić information content (AvgIpc) is 2.56. The Morgan fingerprint density at radius 1 is 1.50 bits per heavy atom. The minimum Gasteiger partial charge on any atom is -0.464 e. The van der Waals surface area contributed by atoms with Crippen molar-refractivity contribution in [3.63, 3.8) is 0 Å². The maximum atomic E-state index is 11.4. The van der Waals surface area contributed by atoms with Crippen molar-refractivity contribution in [3.8, 4) is 0 Å². The van der Waals surface area contributed by atoms with Crippen molar-refractivity contribution in [2.24, 2.45) is 7.05 Å². The van der Waals surface area contributed by atoms with Gasteiger partial charge in [0.2, 0.25) is 5.91 Å². The molecule has 0 aliphatic carbocycles. The molecule has 0 atom stereocenters. The lowest BCUT2D eigenvalue weighted by atomic mass is 10.3. The molecule has 1 amide bonds. The van der Waals surface area contributed by atoms with Gasteiger partial charge in [0.1, 0.15) is 0 Å². The Morgan fingerprint density at radius 2 is 2.12 bits per heavy atom. The number of ether oxygens (including phenoxy) is 1. The number of nitrogens with zero attached hydrogens (tertiary/aromatic N) is 2. The van der Waals surface area contributed by atoms with Gasteiger partial charge >= 0.3 is 5.97 Å². The second-order valence-corrected chi connectivity index (χ2v) is 3.33. The first-order chi connectivity index (χ1) is 7.51. The Bertz CT molecular complexity index is 423. The highest BCUT2D eigenvalue weighted by Gasteiger charge is 2.21. The Kier molecular flexibility index (Phi) is 3.65. The molecule has 1 heterocycles. The van der Waals surface area contributed by atoms with Crippen molar-refractivity contribution in [2.75, 3.05) is 12.4 Å². The molecule has 0 aliphatic heterocycles. The van der Waals surface area contributed by atoms with Crippen LogP contribution >= 0.6 is 0 Å². The molecule has 1 N–H and O–H groups in total. The third-order valence-electron chi connectivity index (χ3n) is 2.30. The number of aromatic nitrogens is 2. The van der Waals surface area contributed by atoms with E-state index in [1.54, 1.807) is 20.9 Å². The standard InChI is InChI=1S/C10H15N3O3/c1-5-7(14)11-8-6(2)13(3)12-9(8)10(15)16-4/h5H2,1-4H3,(H,11,14). The van der Waals surface area contributed by atoms with Crippen LogP contribution in [0.2, 0.25) is 0 Å². The minimum absolute atomic E-state index is 0.129. The smallest absolute Gasteiger partial charge is 0.360 e. The molecule has 0 aromatic carbocycles. The first-order valence-corrected chi connectivity index (χ1v) is 4.93. The molecule has 0 saturated heterocycles. The van der Waals surface area contributed by atoms with Crippen LogP contribution in [0.5, 0.6) is 0 Å². The summed E-state index contributed by atoms with van der Waals surface area (Å²) in [5, 5.41) is 6.64. The van der Waals surface area contributed by atoms with E-state index in [4.69, 9.17) is 0 Å². The lowest BCUT2D eigenvalue weighted by Crippen LogP contribution is -2.13. The number of anilines is 1. The summed E-state index contributed by atoms with van der Waals surface area (Å²) in [5.74, 6) is -0.726. The average molecular weight is 225 g/mol. The van der Waals surface area contributed by atoms with Gasteiger partial charge in [-0.3, -0.25) is 9.48 Å². The number of nitrogens with one attached hydrogen (secondary N) is 1. The summed E-state index contributed by atoms with van der Waals surface area (Å²) in [6.07, 6.45) is 0.342. The van der Waals surface area contributed by atoms with Gasteiger partial charge in [0.15, 0.2) is 5.69 Å². The van der Waals surface area contributed by atoms with Crippen LogP contribution in [0.4, 0.5) is 5.69 Å². The number of carbonyl (C=O) groups is 2. The van der Waals surface area contributed by atoms with E-state index in [2.05, 4.69) is 15.2 Å². The molecule has 0 bridgehead atoms. The Hall–Kier alpha value is -1.85. The molecule has 0 saturated carbocycles. The predicted octanol–water partition coefficient (Wildman–Crippen LogP) is 0.864. The molecule has 0 spiro atoms. The van der Waals surface area contributed by atoms with Gasteiger partial charge in [0.05, 0.1) is 18.5 Å². The molecule has 0 fully saturated rings. The van der Waals surface area contributed by atoms with Gasteiger partial charge < -0.3 is 10.1 Å². The highest BCUT2D eigenvalue weighted by molar-refractivity contribution is 6.00. The van der Waals surface area contributed by atoms with E-state index in [-0.39, 0.29) is 11.6 Å². The lowest BCUT2D eigenvalue weighted by molar-refractivity contribution is -0.115. The zero-order valence-electron chi connectivity index (χ0n) is 9.83. The van der Waals surface area contributed by atoms with Gasteiger partial charge in [0, 0.05) is 13.5 Å². The maximum absolute atomic E-state index is 11.4. The summed E-state index contributed by atoms with van der Waals surface area (Å²) >= 11 is 0. The molecule has 1 rings (SSSR count). The van der Waals surface area contributed by atoms with E-state index in [1.807, 2.05) is 0 Å². The van der Waals surface area contributed by atoms with Crippen molar-refractivity contribution >= 4 is 17.6 Å². The van der Waals surface area contributed by atoms with Crippen molar-refractivity contribution in [2.45, 2.75) is 20.3 Å². The largest absolute Gasteiger partial charge is 0.464 e. The molecule has 88 valence electrons. The number of hydrogen-bond acceptors (Lipinski definition) is 4. The molecular weight excluding hydrogens is 210 g/mol. The Labute approximate surface area is 93.6 Å². The fraction of sp³-hybridized carbons (Fsp3) is 0.500. The summed E-state index contributed by atoms with van der Waals surface area (Å²) in [7, 11) is 2.97. The number of aryl methyl sites for hydroxylation is 1. The van der Waals surface area contributed by atoms with Crippen LogP contribution in [0.3, 0.4) is 0 Å². The zero-order chi connectivity index (χ0) is 12.3. The first-order valence-electron chi connectivity index (χ1n) is 4.93. The van der Waals surface area contributed by atoms with Crippen LogP contribution < -0.4 is 5.32 Å². The number of hydrogen-bond donors (Lipinski definition) is 1. The topological polar surface area (TPSA) is 73.2 Å². The van der Waals surface area contributed by atoms with Crippen molar-refractivity contribution in [1.29, 1.82) is 0 Å². The number of rotatable bonds is 3. The van der Waals surface area contributed by atoms with Crippen molar-refractivity contribution in [3.05, 3.63) is 11.4 Å². The third-order valence-corrected chi connectivity index (χ3v) is 2.30. The van der Waals surface area contributed by atoms with Gasteiger partial charge in [-0.1, -0.05) is 6.92 Å². The third kappa shape index (κ3) is 2.21. The second kappa shape index (κ2) is 4.78. The van der Waals surface area contributed by atoms with Crippen LogP contribution in [0.25, 0.3) is 0 Å². The van der Waals surface area contributed by atoms with Crippen molar-refractivity contribution in [1.82, 2.24) is 9.78 Å². The van der Waals surface area contributed by atoms with E-state index in [9.17, 15) is 9.59 Å². The van der Waals surface area contributed by atoms with E-state index in [1.165, 1.54) is 11.8 Å². The second-order valence-electron chi connectivity index (χ2n) is 3.33. The Balaban J connectivity index is 3.13. The molecule has 0 aliphatic rings.